The van der Waals surface area contributed by atoms with Gasteiger partial charge < -0.3 is 9.80 Å². The average Bonchev–Trinajstić information content (AvgIpc) is 3.15. The lowest BCUT2D eigenvalue weighted by Gasteiger charge is -2.47. The van der Waals surface area contributed by atoms with Crippen molar-refractivity contribution >= 4 is 23.4 Å². The molecule has 3 heterocycles. The van der Waals surface area contributed by atoms with Gasteiger partial charge in [0, 0.05) is 36.3 Å². The number of hydrogen-bond acceptors (Lipinski definition) is 3. The molecule has 0 spiro atoms. The van der Waals surface area contributed by atoms with Crippen LogP contribution in [0.5, 0.6) is 0 Å². The van der Waals surface area contributed by atoms with Crippen molar-refractivity contribution in [3.8, 4) is 0 Å². The fourth-order valence-corrected chi connectivity index (χ4v) is 4.60. The first-order valence-electron chi connectivity index (χ1n) is 9.60. The second-order valence-electron chi connectivity index (χ2n) is 7.42. The molecular weight excluding hydrogens is 405 g/mol. The van der Waals surface area contributed by atoms with Crippen LogP contribution >= 0.6 is 11.6 Å². The van der Waals surface area contributed by atoms with Crippen LogP contribution in [0, 0.1) is 5.82 Å². The van der Waals surface area contributed by atoms with E-state index in [9.17, 15) is 14.0 Å². The largest absolute Gasteiger partial charge is 0.309 e. The summed E-state index contributed by atoms with van der Waals surface area (Å²) in [6.45, 7) is 0.751. The summed E-state index contributed by atoms with van der Waals surface area (Å²) in [5.74, 6) is -0.832. The van der Waals surface area contributed by atoms with Crippen molar-refractivity contribution in [2.45, 2.75) is 12.1 Å². The summed E-state index contributed by atoms with van der Waals surface area (Å²) in [7, 11) is 0. The topological polar surface area (TPSA) is 53.5 Å². The zero-order chi connectivity index (χ0) is 20.9. The second-order valence-corrected chi connectivity index (χ2v) is 7.85. The Morgan fingerprint density at radius 2 is 1.77 bits per heavy atom. The van der Waals surface area contributed by atoms with Crippen LogP contribution in [0.15, 0.2) is 66.9 Å². The molecule has 0 aliphatic carbocycles. The molecule has 0 saturated carbocycles. The molecule has 2 aromatic carbocycles. The standard InChI is InChI=1S/C23H17ClFN3O2/c24-17-7-5-16(6-8-17)23-14-20-19(2-1-11-26-20)22(30)28(23)13-12-27(23)21(29)15-3-9-18(25)10-4-15/h1-11H,12-14H2. The van der Waals surface area contributed by atoms with Gasteiger partial charge in [0.1, 0.15) is 11.5 Å². The fourth-order valence-electron chi connectivity index (χ4n) is 4.48. The number of carbonyl (C=O) groups is 2. The maximum Gasteiger partial charge on any atom is 0.257 e. The number of pyridine rings is 1. The van der Waals surface area contributed by atoms with E-state index in [2.05, 4.69) is 4.98 Å². The number of halogens is 2. The van der Waals surface area contributed by atoms with Gasteiger partial charge >= 0.3 is 0 Å². The molecule has 2 aliphatic heterocycles. The molecule has 7 heteroatoms. The number of benzene rings is 2. The Labute approximate surface area is 177 Å². The van der Waals surface area contributed by atoms with Gasteiger partial charge in [-0.05, 0) is 54.1 Å². The summed E-state index contributed by atoms with van der Waals surface area (Å²) < 4.78 is 13.4. The maximum absolute atomic E-state index is 13.5. The van der Waals surface area contributed by atoms with Crippen LogP contribution in [0.1, 0.15) is 32.0 Å². The molecular formula is C23H17ClFN3O2. The van der Waals surface area contributed by atoms with Crippen LogP contribution in [0.2, 0.25) is 5.02 Å². The van der Waals surface area contributed by atoms with Crippen molar-refractivity contribution in [1.82, 2.24) is 14.8 Å². The van der Waals surface area contributed by atoms with E-state index in [1.807, 2.05) is 12.1 Å². The van der Waals surface area contributed by atoms with E-state index >= 15 is 0 Å². The summed E-state index contributed by atoms with van der Waals surface area (Å²) in [5, 5.41) is 0.566. The molecule has 0 N–H and O–H groups in total. The summed E-state index contributed by atoms with van der Waals surface area (Å²) in [6.07, 6.45) is 2.02. The first kappa shape index (κ1) is 18.8. The molecule has 1 aromatic heterocycles. The Kier molecular flexibility index (Phi) is 4.33. The Hall–Kier alpha value is -3.25. The molecule has 0 radical (unpaired) electrons. The van der Waals surface area contributed by atoms with Gasteiger partial charge in [0.2, 0.25) is 0 Å². The predicted molar refractivity (Wildman–Crippen MR) is 110 cm³/mol. The van der Waals surface area contributed by atoms with Gasteiger partial charge in [-0.2, -0.15) is 0 Å². The lowest BCUT2D eigenvalue weighted by Crippen LogP contribution is -2.58. The highest BCUT2D eigenvalue weighted by Gasteiger charge is 2.56. The van der Waals surface area contributed by atoms with E-state index in [1.54, 1.807) is 40.3 Å². The van der Waals surface area contributed by atoms with Crippen LogP contribution in [0.4, 0.5) is 4.39 Å². The van der Waals surface area contributed by atoms with Crippen molar-refractivity contribution < 1.29 is 14.0 Å². The predicted octanol–water partition coefficient (Wildman–Crippen LogP) is 3.88. The zero-order valence-corrected chi connectivity index (χ0v) is 16.6. The molecule has 5 nitrogen and oxygen atoms in total. The minimum atomic E-state index is -1.02. The molecule has 5 rings (SSSR count). The molecule has 3 aromatic rings. The second kappa shape index (κ2) is 6.92. The molecule has 1 unspecified atom stereocenters. The van der Waals surface area contributed by atoms with Gasteiger partial charge in [-0.1, -0.05) is 23.7 Å². The van der Waals surface area contributed by atoms with Crippen LogP contribution < -0.4 is 0 Å². The highest BCUT2D eigenvalue weighted by Crippen LogP contribution is 2.45. The van der Waals surface area contributed by atoms with Crippen LogP contribution in [-0.2, 0) is 12.1 Å². The van der Waals surface area contributed by atoms with E-state index in [0.717, 1.165) is 5.56 Å². The molecule has 0 bridgehead atoms. The summed E-state index contributed by atoms with van der Waals surface area (Å²) in [4.78, 5) is 34.7. The fraction of sp³-hybridized carbons (Fsp3) is 0.174. The van der Waals surface area contributed by atoms with Crippen LogP contribution in [0.25, 0.3) is 0 Å². The van der Waals surface area contributed by atoms with Crippen LogP contribution in [0.3, 0.4) is 0 Å². The van der Waals surface area contributed by atoms with E-state index in [4.69, 9.17) is 11.6 Å². The van der Waals surface area contributed by atoms with Crippen molar-refractivity contribution in [2.75, 3.05) is 13.1 Å². The smallest absolute Gasteiger partial charge is 0.257 e. The van der Waals surface area contributed by atoms with E-state index in [1.165, 1.54) is 24.3 Å². The lowest BCUT2D eigenvalue weighted by atomic mass is 9.86. The minimum absolute atomic E-state index is 0.159. The number of nitrogens with zero attached hydrogens (tertiary/aromatic N) is 3. The van der Waals surface area contributed by atoms with Crippen molar-refractivity contribution in [3.63, 3.8) is 0 Å². The highest BCUT2D eigenvalue weighted by molar-refractivity contribution is 6.30. The van der Waals surface area contributed by atoms with Gasteiger partial charge in [0.05, 0.1) is 11.3 Å². The maximum atomic E-state index is 13.5. The molecule has 150 valence electrons. The Balaban J connectivity index is 1.68. The van der Waals surface area contributed by atoms with Gasteiger partial charge in [-0.15, -0.1) is 0 Å². The number of amides is 2. The van der Waals surface area contributed by atoms with Gasteiger partial charge in [0.25, 0.3) is 11.8 Å². The SMILES string of the molecule is O=C(c1ccc(F)cc1)N1CCN2C(=O)c3cccnc3CC12c1ccc(Cl)cc1. The average molecular weight is 422 g/mol. The molecule has 30 heavy (non-hydrogen) atoms. The first-order valence-corrected chi connectivity index (χ1v) is 9.98. The third-order valence-electron chi connectivity index (χ3n) is 5.86. The number of aromatic nitrogens is 1. The van der Waals surface area contributed by atoms with E-state index < -0.39 is 11.5 Å². The Bertz CT molecular complexity index is 1150. The Morgan fingerprint density at radius 1 is 1.03 bits per heavy atom. The van der Waals surface area contributed by atoms with Crippen molar-refractivity contribution in [1.29, 1.82) is 0 Å². The molecule has 1 fully saturated rings. The normalized spacial score (nSPS) is 20.1. The molecule has 1 atom stereocenters. The monoisotopic (exact) mass is 421 g/mol. The van der Waals surface area contributed by atoms with Gasteiger partial charge in [0.15, 0.2) is 0 Å². The quantitative estimate of drug-likeness (QED) is 0.631. The number of rotatable bonds is 2. The lowest BCUT2D eigenvalue weighted by molar-refractivity contribution is 0.00704. The number of hydrogen-bond donors (Lipinski definition) is 0. The number of carbonyl (C=O) groups excluding carboxylic acids is 2. The third-order valence-corrected chi connectivity index (χ3v) is 6.11. The van der Waals surface area contributed by atoms with Gasteiger partial charge in [-0.3, -0.25) is 14.6 Å². The molecule has 2 amide bonds. The summed E-state index contributed by atoms with van der Waals surface area (Å²) in [6, 6.07) is 16.1. The summed E-state index contributed by atoms with van der Waals surface area (Å²) >= 11 is 6.10. The van der Waals surface area contributed by atoms with Gasteiger partial charge in [-0.25, -0.2) is 4.39 Å². The molecule has 1 saturated heterocycles. The van der Waals surface area contributed by atoms with Crippen molar-refractivity contribution in [3.05, 3.63) is 100 Å². The summed E-state index contributed by atoms with van der Waals surface area (Å²) in [5.41, 5.74) is 1.33. The molecule has 2 aliphatic rings. The Morgan fingerprint density at radius 3 is 2.50 bits per heavy atom. The first-order chi connectivity index (χ1) is 14.5. The third kappa shape index (κ3) is 2.71. The minimum Gasteiger partial charge on any atom is -0.309 e. The van der Waals surface area contributed by atoms with E-state index in [0.29, 0.717) is 41.4 Å². The van der Waals surface area contributed by atoms with Crippen LogP contribution in [-0.4, -0.2) is 39.7 Å². The highest BCUT2D eigenvalue weighted by atomic mass is 35.5. The zero-order valence-electron chi connectivity index (χ0n) is 15.9. The number of fused-ring (bicyclic) bond motifs is 2. The van der Waals surface area contributed by atoms with Crippen molar-refractivity contribution in [2.24, 2.45) is 0 Å². The van der Waals surface area contributed by atoms with E-state index in [-0.39, 0.29) is 11.8 Å².